The number of imide groups is 2. The molecule has 8 heteroatoms. The lowest BCUT2D eigenvalue weighted by molar-refractivity contribution is -0.134. The molecule has 2 aliphatic rings. The van der Waals surface area contributed by atoms with Crippen molar-refractivity contribution in [2.75, 3.05) is 6.54 Å². The quantitative estimate of drug-likeness (QED) is 0.697. The Balaban J connectivity index is 1.62. The Bertz CT molecular complexity index is 770. The van der Waals surface area contributed by atoms with Crippen LogP contribution in [0.25, 0.3) is 0 Å². The van der Waals surface area contributed by atoms with Crippen molar-refractivity contribution < 1.29 is 19.2 Å². The van der Waals surface area contributed by atoms with E-state index < -0.39 is 36.0 Å². The van der Waals surface area contributed by atoms with Crippen molar-refractivity contribution in [1.29, 1.82) is 0 Å². The Labute approximate surface area is 157 Å². The summed E-state index contributed by atoms with van der Waals surface area (Å²) in [6.45, 7) is 3.02. The van der Waals surface area contributed by atoms with Gasteiger partial charge in [0.25, 0.3) is 5.91 Å². The Kier molecular flexibility index (Phi) is 5.16. The minimum absolute atomic E-state index is 0.0688. The number of urea groups is 2. The maximum atomic E-state index is 12.8. The zero-order valence-corrected chi connectivity index (χ0v) is 15.5. The Morgan fingerprint density at radius 1 is 1.19 bits per heavy atom. The van der Waals surface area contributed by atoms with Crippen LogP contribution in [0.1, 0.15) is 43.7 Å². The molecule has 0 aromatic heterocycles. The van der Waals surface area contributed by atoms with Crippen molar-refractivity contribution in [1.82, 2.24) is 20.9 Å². The lowest BCUT2D eigenvalue weighted by Gasteiger charge is -2.22. The van der Waals surface area contributed by atoms with Gasteiger partial charge in [0.05, 0.1) is 0 Å². The van der Waals surface area contributed by atoms with Gasteiger partial charge in [-0.25, -0.2) is 9.59 Å². The van der Waals surface area contributed by atoms with Crippen molar-refractivity contribution >= 4 is 23.9 Å². The molecule has 1 saturated heterocycles. The lowest BCUT2D eigenvalue weighted by Crippen LogP contribution is -2.48. The van der Waals surface area contributed by atoms with Crippen LogP contribution in [0.4, 0.5) is 9.59 Å². The predicted octanol–water partition coefficient (Wildman–Crippen LogP) is 1.53. The van der Waals surface area contributed by atoms with Crippen molar-refractivity contribution in [3.63, 3.8) is 0 Å². The van der Waals surface area contributed by atoms with Crippen molar-refractivity contribution in [2.24, 2.45) is 0 Å². The van der Waals surface area contributed by atoms with Crippen LogP contribution in [-0.4, -0.2) is 41.4 Å². The molecular weight excluding hydrogens is 348 g/mol. The first-order valence-electron chi connectivity index (χ1n) is 9.11. The van der Waals surface area contributed by atoms with E-state index in [4.69, 9.17) is 0 Å². The minimum atomic E-state index is -1.24. The fourth-order valence-corrected chi connectivity index (χ4v) is 3.52. The molecule has 1 saturated carbocycles. The highest BCUT2D eigenvalue weighted by atomic mass is 16.2. The van der Waals surface area contributed by atoms with Crippen LogP contribution >= 0.6 is 0 Å². The van der Waals surface area contributed by atoms with E-state index in [2.05, 4.69) is 16.0 Å². The molecule has 6 amide bonds. The lowest BCUT2D eigenvalue weighted by atomic mass is 9.91. The molecule has 1 aliphatic heterocycles. The van der Waals surface area contributed by atoms with Gasteiger partial charge in [-0.15, -0.1) is 0 Å². The first-order valence-corrected chi connectivity index (χ1v) is 9.11. The summed E-state index contributed by atoms with van der Waals surface area (Å²) in [4.78, 5) is 49.9. The number of carbonyl (C=O) groups excluding carboxylic acids is 4. The SMILES string of the molecule is Cc1ccc([C@]2(C)NC(=O)N(CC(=O)NC(=O)NC3CCCC3)C2=O)cc1. The number of aryl methyl sites for hydroxylation is 1. The van der Waals surface area contributed by atoms with Gasteiger partial charge in [0.15, 0.2) is 0 Å². The number of nitrogens with zero attached hydrogens (tertiary/aromatic N) is 1. The van der Waals surface area contributed by atoms with Crippen LogP contribution in [0.3, 0.4) is 0 Å². The maximum absolute atomic E-state index is 12.8. The van der Waals surface area contributed by atoms with Gasteiger partial charge in [-0.2, -0.15) is 0 Å². The van der Waals surface area contributed by atoms with Gasteiger partial charge in [0.2, 0.25) is 5.91 Å². The second-order valence-electron chi connectivity index (χ2n) is 7.32. The topological polar surface area (TPSA) is 108 Å². The van der Waals surface area contributed by atoms with Crippen LogP contribution < -0.4 is 16.0 Å². The highest BCUT2D eigenvalue weighted by Gasteiger charge is 2.49. The van der Waals surface area contributed by atoms with E-state index in [1.54, 1.807) is 19.1 Å². The highest BCUT2D eigenvalue weighted by molar-refractivity contribution is 6.10. The van der Waals surface area contributed by atoms with Gasteiger partial charge in [-0.3, -0.25) is 19.8 Å². The van der Waals surface area contributed by atoms with Gasteiger partial charge < -0.3 is 10.6 Å². The van der Waals surface area contributed by atoms with E-state index in [-0.39, 0.29) is 6.04 Å². The van der Waals surface area contributed by atoms with Gasteiger partial charge in [0.1, 0.15) is 12.1 Å². The molecule has 144 valence electrons. The van der Waals surface area contributed by atoms with E-state index in [0.29, 0.717) is 5.56 Å². The average molecular weight is 372 g/mol. The number of hydrogen-bond donors (Lipinski definition) is 3. The van der Waals surface area contributed by atoms with Crippen LogP contribution in [0.2, 0.25) is 0 Å². The number of benzene rings is 1. The predicted molar refractivity (Wildman–Crippen MR) is 97.7 cm³/mol. The summed E-state index contributed by atoms with van der Waals surface area (Å²) in [5, 5.41) is 7.56. The molecule has 2 fully saturated rings. The van der Waals surface area contributed by atoms with Crippen LogP contribution in [0.15, 0.2) is 24.3 Å². The number of rotatable bonds is 4. The Morgan fingerprint density at radius 3 is 2.44 bits per heavy atom. The van der Waals surface area contributed by atoms with E-state index in [0.717, 1.165) is 36.1 Å². The second-order valence-corrected chi connectivity index (χ2v) is 7.32. The normalized spacial score (nSPS) is 22.7. The summed E-state index contributed by atoms with van der Waals surface area (Å²) in [6, 6.07) is 6.05. The summed E-state index contributed by atoms with van der Waals surface area (Å²) >= 11 is 0. The highest BCUT2D eigenvalue weighted by Crippen LogP contribution is 2.28. The Hall–Kier alpha value is -2.90. The summed E-state index contributed by atoms with van der Waals surface area (Å²) in [7, 11) is 0. The first-order chi connectivity index (χ1) is 12.8. The van der Waals surface area contributed by atoms with E-state index in [9.17, 15) is 19.2 Å². The molecule has 27 heavy (non-hydrogen) atoms. The molecule has 1 aromatic carbocycles. The standard InChI is InChI=1S/C19H24N4O4/c1-12-7-9-13(10-8-12)19(2)16(25)23(18(27)22-19)11-15(24)21-17(26)20-14-5-3-4-6-14/h7-10,14H,3-6,11H2,1-2H3,(H,22,27)(H2,20,21,24,26)/t19-/m0/s1. The number of hydrogen-bond acceptors (Lipinski definition) is 4. The summed E-state index contributed by atoms with van der Waals surface area (Å²) in [6.07, 6.45) is 3.89. The zero-order valence-electron chi connectivity index (χ0n) is 15.5. The summed E-state index contributed by atoms with van der Waals surface area (Å²) in [5.41, 5.74) is 0.425. The number of amides is 6. The van der Waals surface area contributed by atoms with E-state index in [1.807, 2.05) is 19.1 Å². The van der Waals surface area contributed by atoms with Gasteiger partial charge in [-0.05, 0) is 32.3 Å². The maximum Gasteiger partial charge on any atom is 0.325 e. The van der Waals surface area contributed by atoms with Crippen LogP contribution in [0, 0.1) is 6.92 Å². The molecule has 0 spiro atoms. The smallest absolute Gasteiger partial charge is 0.325 e. The summed E-state index contributed by atoms with van der Waals surface area (Å²) < 4.78 is 0. The second kappa shape index (κ2) is 7.38. The molecular formula is C19H24N4O4. The first kappa shape index (κ1) is 18.9. The van der Waals surface area contributed by atoms with Crippen LogP contribution in [0.5, 0.6) is 0 Å². The molecule has 1 aliphatic carbocycles. The van der Waals surface area contributed by atoms with Gasteiger partial charge in [-0.1, -0.05) is 42.7 Å². The van der Waals surface area contributed by atoms with Crippen molar-refractivity contribution in [2.45, 2.75) is 51.1 Å². The van der Waals surface area contributed by atoms with Crippen molar-refractivity contribution in [3.05, 3.63) is 35.4 Å². The van der Waals surface area contributed by atoms with Gasteiger partial charge >= 0.3 is 12.1 Å². The fourth-order valence-electron chi connectivity index (χ4n) is 3.52. The third kappa shape index (κ3) is 3.94. The number of nitrogens with one attached hydrogen (secondary N) is 3. The number of carbonyl (C=O) groups is 4. The van der Waals surface area contributed by atoms with Gasteiger partial charge in [0, 0.05) is 6.04 Å². The molecule has 8 nitrogen and oxygen atoms in total. The molecule has 0 radical (unpaired) electrons. The monoisotopic (exact) mass is 372 g/mol. The molecule has 3 N–H and O–H groups in total. The molecule has 1 aromatic rings. The molecule has 3 rings (SSSR count). The summed E-state index contributed by atoms with van der Waals surface area (Å²) in [5.74, 6) is -1.23. The fraction of sp³-hybridized carbons (Fsp3) is 0.474. The Morgan fingerprint density at radius 2 is 1.81 bits per heavy atom. The van der Waals surface area contributed by atoms with Crippen molar-refractivity contribution in [3.8, 4) is 0 Å². The largest absolute Gasteiger partial charge is 0.335 e. The van der Waals surface area contributed by atoms with E-state index >= 15 is 0 Å². The molecule has 0 unspecified atom stereocenters. The average Bonchev–Trinajstić information content (AvgIpc) is 3.18. The van der Waals surface area contributed by atoms with E-state index in [1.165, 1.54) is 0 Å². The molecule has 0 bridgehead atoms. The third-order valence-electron chi connectivity index (χ3n) is 5.15. The molecule has 1 atom stereocenters. The zero-order chi connectivity index (χ0) is 19.6. The minimum Gasteiger partial charge on any atom is -0.335 e. The third-order valence-corrected chi connectivity index (χ3v) is 5.15. The molecule has 1 heterocycles. The van der Waals surface area contributed by atoms with Crippen LogP contribution in [-0.2, 0) is 15.1 Å².